The Morgan fingerprint density at radius 2 is 1.29 bits per heavy atom. The topological polar surface area (TPSA) is 140 Å². The van der Waals surface area contributed by atoms with Crippen molar-refractivity contribution in [3.05, 3.63) is 72.9 Å². The standard InChI is InChI=1S/C39H65O9P/c1-4-5-23-29-36(40)30-25-20-16-11-9-7-6-8-10-12-17-21-26-31-38(41)46-33-37(34-47-49(43,44)45)48-39(42)32-27-22-18-14-13-15-19-24-28-35(2)3/h5,7-10,16-17,20-21,23,25,30,35-37,40H,4,6,11-15,18-19,22,24,26-29,31-34H2,1-3H3,(H2,43,44,45)/b9-7-,10-8-,20-16+,21-17-,23-5-,30-25+/t36?,37-/m1/s1. The number of esters is 2. The van der Waals surface area contributed by atoms with Gasteiger partial charge >= 0.3 is 19.8 Å². The fourth-order valence-electron chi connectivity index (χ4n) is 4.55. The molecule has 2 atom stereocenters. The molecule has 0 aliphatic rings. The number of allylic oxidation sites excluding steroid dienone is 10. The van der Waals surface area contributed by atoms with Crippen LogP contribution in [-0.2, 0) is 28.2 Å². The third kappa shape index (κ3) is 36.6. The molecule has 0 fully saturated rings. The van der Waals surface area contributed by atoms with Gasteiger partial charge in [-0.2, -0.15) is 0 Å². The molecule has 49 heavy (non-hydrogen) atoms. The number of carbonyl (C=O) groups is 2. The predicted molar refractivity (Wildman–Crippen MR) is 199 cm³/mol. The second-order valence-corrected chi connectivity index (χ2v) is 13.7. The summed E-state index contributed by atoms with van der Waals surface area (Å²) in [5, 5.41) is 9.80. The van der Waals surface area contributed by atoms with E-state index in [2.05, 4.69) is 43.5 Å². The molecule has 0 bridgehead atoms. The van der Waals surface area contributed by atoms with Gasteiger partial charge in [0.25, 0.3) is 0 Å². The Balaban J connectivity index is 4.17. The largest absolute Gasteiger partial charge is 0.469 e. The van der Waals surface area contributed by atoms with Crippen LogP contribution in [0.2, 0.25) is 0 Å². The number of unbranched alkanes of at least 4 members (excludes halogenated alkanes) is 7. The number of aliphatic hydroxyl groups is 1. The number of phosphoric acid groups is 1. The number of hydrogen-bond acceptors (Lipinski definition) is 7. The molecular formula is C39H65O9P. The minimum Gasteiger partial charge on any atom is -0.462 e. The van der Waals surface area contributed by atoms with E-state index in [4.69, 9.17) is 19.3 Å². The highest BCUT2D eigenvalue weighted by atomic mass is 31.2. The number of hydrogen-bond donors (Lipinski definition) is 3. The average Bonchev–Trinajstić information content (AvgIpc) is 3.04. The van der Waals surface area contributed by atoms with Crippen LogP contribution < -0.4 is 0 Å². The summed E-state index contributed by atoms with van der Waals surface area (Å²) in [7, 11) is -4.77. The van der Waals surface area contributed by atoms with Crippen LogP contribution >= 0.6 is 7.82 Å². The highest BCUT2D eigenvalue weighted by molar-refractivity contribution is 7.46. The lowest BCUT2D eigenvalue weighted by atomic mass is 10.0. The number of carbonyl (C=O) groups excluding carboxylic acids is 2. The maximum Gasteiger partial charge on any atom is 0.469 e. The molecule has 0 aromatic rings. The van der Waals surface area contributed by atoms with E-state index in [0.29, 0.717) is 19.3 Å². The molecule has 0 saturated heterocycles. The maximum absolute atomic E-state index is 12.3. The van der Waals surface area contributed by atoms with Crippen molar-refractivity contribution in [3.8, 4) is 0 Å². The van der Waals surface area contributed by atoms with Gasteiger partial charge in [0.2, 0.25) is 0 Å². The minimum absolute atomic E-state index is 0.123. The van der Waals surface area contributed by atoms with Gasteiger partial charge in [0.15, 0.2) is 6.10 Å². The second kappa shape index (κ2) is 32.6. The van der Waals surface area contributed by atoms with Gasteiger partial charge in [-0.25, -0.2) is 4.57 Å². The van der Waals surface area contributed by atoms with Crippen molar-refractivity contribution >= 4 is 19.8 Å². The van der Waals surface area contributed by atoms with E-state index in [-0.39, 0.29) is 19.4 Å². The first kappa shape index (κ1) is 46.5. The molecule has 1 unspecified atom stereocenters. The van der Waals surface area contributed by atoms with E-state index in [1.807, 2.05) is 48.6 Å². The van der Waals surface area contributed by atoms with Crippen molar-refractivity contribution in [3.63, 3.8) is 0 Å². The lowest BCUT2D eigenvalue weighted by Gasteiger charge is -2.18. The van der Waals surface area contributed by atoms with Crippen LogP contribution in [0.4, 0.5) is 0 Å². The van der Waals surface area contributed by atoms with Crippen LogP contribution in [0, 0.1) is 5.92 Å². The Bertz CT molecular complexity index is 1050. The molecule has 0 radical (unpaired) electrons. The Hall–Kier alpha value is -2.55. The molecule has 0 aromatic carbocycles. The summed E-state index contributed by atoms with van der Waals surface area (Å²) in [4.78, 5) is 42.6. The van der Waals surface area contributed by atoms with Crippen molar-refractivity contribution in [1.29, 1.82) is 0 Å². The molecule has 280 valence electrons. The molecule has 0 aromatic heterocycles. The summed E-state index contributed by atoms with van der Waals surface area (Å²) in [5.74, 6) is -0.255. The van der Waals surface area contributed by atoms with Gasteiger partial charge in [-0.05, 0) is 50.9 Å². The van der Waals surface area contributed by atoms with Gasteiger partial charge in [-0.1, -0.05) is 145 Å². The van der Waals surface area contributed by atoms with Crippen molar-refractivity contribution in [2.24, 2.45) is 5.92 Å². The van der Waals surface area contributed by atoms with Gasteiger partial charge < -0.3 is 24.4 Å². The predicted octanol–water partition coefficient (Wildman–Crippen LogP) is 9.56. The van der Waals surface area contributed by atoms with Crippen molar-refractivity contribution in [2.75, 3.05) is 13.2 Å². The first-order chi connectivity index (χ1) is 23.5. The van der Waals surface area contributed by atoms with Gasteiger partial charge in [0.05, 0.1) is 12.7 Å². The second-order valence-electron chi connectivity index (χ2n) is 12.5. The van der Waals surface area contributed by atoms with Crippen LogP contribution in [-0.4, -0.2) is 52.3 Å². The molecule has 0 amide bonds. The SMILES string of the molecule is CC/C=C\CC(O)/C=C/C=C/C/C=C\C/C=C\C/C=C\CCC(=O)OC[C@H](COP(=O)(O)O)OC(=O)CCCCCCCCCCC(C)C. The van der Waals surface area contributed by atoms with Crippen molar-refractivity contribution < 1.29 is 43.0 Å². The quantitative estimate of drug-likeness (QED) is 0.0211. The fourth-order valence-corrected chi connectivity index (χ4v) is 4.91. The van der Waals surface area contributed by atoms with E-state index in [1.54, 1.807) is 6.08 Å². The average molecular weight is 709 g/mol. The Morgan fingerprint density at radius 3 is 1.90 bits per heavy atom. The monoisotopic (exact) mass is 708 g/mol. The molecule has 0 saturated carbocycles. The van der Waals surface area contributed by atoms with Crippen LogP contribution in [0.3, 0.4) is 0 Å². The highest BCUT2D eigenvalue weighted by Crippen LogP contribution is 2.35. The lowest BCUT2D eigenvalue weighted by Crippen LogP contribution is -2.29. The smallest absolute Gasteiger partial charge is 0.462 e. The molecule has 0 aliphatic carbocycles. The first-order valence-electron chi connectivity index (χ1n) is 18.2. The van der Waals surface area contributed by atoms with Gasteiger partial charge in [-0.15, -0.1) is 0 Å². The zero-order chi connectivity index (χ0) is 36.4. The number of rotatable bonds is 31. The zero-order valence-electron chi connectivity index (χ0n) is 30.3. The molecule has 9 nitrogen and oxygen atoms in total. The van der Waals surface area contributed by atoms with Crippen LogP contribution in [0.25, 0.3) is 0 Å². The van der Waals surface area contributed by atoms with E-state index < -0.39 is 38.6 Å². The minimum atomic E-state index is -4.77. The Labute approximate surface area is 296 Å². The molecule has 10 heteroatoms. The molecule has 0 rings (SSSR count). The fraction of sp³-hybridized carbons (Fsp3) is 0.641. The van der Waals surface area contributed by atoms with E-state index >= 15 is 0 Å². The third-order valence-electron chi connectivity index (χ3n) is 7.26. The van der Waals surface area contributed by atoms with Crippen LogP contribution in [0.5, 0.6) is 0 Å². The number of aliphatic hydroxyl groups excluding tert-OH is 1. The molecule has 0 heterocycles. The van der Waals surface area contributed by atoms with Crippen LogP contribution in [0.15, 0.2) is 72.9 Å². The van der Waals surface area contributed by atoms with E-state index in [1.165, 1.54) is 32.1 Å². The Morgan fingerprint density at radius 1 is 0.694 bits per heavy atom. The summed E-state index contributed by atoms with van der Waals surface area (Å²) in [5.41, 5.74) is 0. The molecule has 3 N–H and O–H groups in total. The maximum atomic E-state index is 12.3. The summed E-state index contributed by atoms with van der Waals surface area (Å²) < 4.78 is 26.2. The summed E-state index contributed by atoms with van der Waals surface area (Å²) >= 11 is 0. The van der Waals surface area contributed by atoms with Crippen LogP contribution in [0.1, 0.15) is 130 Å². The van der Waals surface area contributed by atoms with Gasteiger partial charge in [-0.3, -0.25) is 14.1 Å². The van der Waals surface area contributed by atoms with Crippen molar-refractivity contribution in [1.82, 2.24) is 0 Å². The normalized spacial score (nSPS) is 14.1. The van der Waals surface area contributed by atoms with Gasteiger partial charge in [0, 0.05) is 12.8 Å². The molecular weight excluding hydrogens is 643 g/mol. The highest BCUT2D eigenvalue weighted by Gasteiger charge is 2.22. The summed E-state index contributed by atoms with van der Waals surface area (Å²) in [6.07, 6.45) is 37.0. The van der Waals surface area contributed by atoms with E-state index in [0.717, 1.165) is 50.9 Å². The molecule has 0 spiro atoms. The third-order valence-corrected chi connectivity index (χ3v) is 7.75. The number of phosphoric ester groups is 1. The van der Waals surface area contributed by atoms with E-state index in [9.17, 15) is 19.3 Å². The number of ether oxygens (including phenoxy) is 2. The zero-order valence-corrected chi connectivity index (χ0v) is 31.2. The Kier molecular flexibility index (Phi) is 30.9. The summed E-state index contributed by atoms with van der Waals surface area (Å²) in [6.45, 7) is 5.65. The summed E-state index contributed by atoms with van der Waals surface area (Å²) in [6, 6.07) is 0. The lowest BCUT2D eigenvalue weighted by molar-refractivity contribution is -0.161. The molecule has 0 aliphatic heterocycles. The van der Waals surface area contributed by atoms with Crippen molar-refractivity contribution in [2.45, 2.75) is 142 Å². The first-order valence-corrected chi connectivity index (χ1v) is 19.7. The van der Waals surface area contributed by atoms with Gasteiger partial charge in [0.1, 0.15) is 6.61 Å².